The van der Waals surface area contributed by atoms with E-state index in [1.807, 2.05) is 59.7 Å². The first kappa shape index (κ1) is 54.3. The first-order valence-electron chi connectivity index (χ1n) is 26.0. The number of amides is 6. The van der Waals surface area contributed by atoms with Crippen molar-refractivity contribution in [2.24, 2.45) is 35.5 Å². The van der Waals surface area contributed by atoms with Gasteiger partial charge < -0.3 is 47.4 Å². The van der Waals surface area contributed by atoms with Crippen LogP contribution in [0, 0.1) is 69.5 Å². The molecule has 81 heavy (non-hydrogen) atoms. The summed E-state index contributed by atoms with van der Waals surface area (Å²) in [7, 11) is 0. The Morgan fingerprint density at radius 2 is 0.741 bits per heavy atom. The number of fused-ring (bicyclic) bond motifs is 3. The van der Waals surface area contributed by atoms with E-state index in [0.29, 0.717) is 90.5 Å². The Labute approximate surface area is 464 Å². The van der Waals surface area contributed by atoms with Crippen LogP contribution in [0.4, 0.5) is 66.0 Å². The standard InChI is InChI=1S/3C19H19N5O3/c3*1-19(2)9-24(18(26)27-19)12-3-10-5-16(22-8-14(10)15(21)6-12)23-17(25)13-4-11(13)7-20/h3*3,5-6,8,11,13H,4,9,21H2,1-2H3,(H,22,23,25)/t2*11-,13+;/m10./s1. The van der Waals surface area contributed by atoms with Crippen molar-refractivity contribution >= 4 is 120 Å². The second-order valence-corrected chi connectivity index (χ2v) is 22.8. The smallest absolute Gasteiger partial charge is 0.415 e. The molecule has 3 aliphatic carbocycles. The zero-order chi connectivity index (χ0) is 58.0. The lowest BCUT2D eigenvalue weighted by atomic mass is 10.1. The minimum atomic E-state index is -0.570. The van der Waals surface area contributed by atoms with E-state index in [9.17, 15) is 28.8 Å². The van der Waals surface area contributed by atoms with Crippen LogP contribution in [-0.2, 0) is 28.6 Å². The zero-order valence-electron chi connectivity index (χ0n) is 45.1. The number of nitrogens with two attached hydrogens (primary N) is 3. The molecule has 414 valence electrons. The molecule has 3 saturated heterocycles. The highest BCUT2D eigenvalue weighted by atomic mass is 16.6. The average Bonchev–Trinajstić information content (AvgIpc) is 4.48. The molecule has 0 bridgehead atoms. The second kappa shape index (κ2) is 20.3. The van der Waals surface area contributed by atoms with Crippen LogP contribution in [0.5, 0.6) is 0 Å². The van der Waals surface area contributed by atoms with E-state index < -0.39 is 35.1 Å². The molecule has 6 aromatic rings. The zero-order valence-corrected chi connectivity index (χ0v) is 45.1. The maximum absolute atomic E-state index is 12.2. The van der Waals surface area contributed by atoms with Crippen molar-refractivity contribution in [1.82, 2.24) is 15.0 Å². The summed E-state index contributed by atoms with van der Waals surface area (Å²) in [5, 5.41) is 39.2. The predicted octanol–water partition coefficient (Wildman–Crippen LogP) is 7.95. The van der Waals surface area contributed by atoms with Crippen LogP contribution in [-0.4, -0.2) is 87.4 Å². The van der Waals surface area contributed by atoms with Gasteiger partial charge in [0, 0.05) is 68.9 Å². The lowest BCUT2D eigenvalue weighted by Gasteiger charge is -2.17. The number of carbonyl (C=O) groups excluding carboxylic acids is 6. The third kappa shape index (κ3) is 11.6. The maximum atomic E-state index is 12.2. The van der Waals surface area contributed by atoms with E-state index in [1.165, 1.54) is 14.7 Å². The van der Waals surface area contributed by atoms with Gasteiger partial charge in [0.05, 0.1) is 73.3 Å². The Morgan fingerprint density at radius 3 is 0.951 bits per heavy atom. The van der Waals surface area contributed by atoms with Crippen LogP contribution in [0.25, 0.3) is 32.3 Å². The number of ether oxygens (including phenoxy) is 3. The number of aromatic nitrogens is 3. The van der Waals surface area contributed by atoms with E-state index in [0.717, 1.165) is 32.3 Å². The molecule has 24 heteroatoms. The number of nitrogen functional groups attached to an aromatic ring is 3. The van der Waals surface area contributed by atoms with E-state index in [4.69, 9.17) is 47.2 Å². The summed E-state index contributed by atoms with van der Waals surface area (Å²) in [5.41, 5.74) is 20.1. The number of nitrogens with zero attached hydrogens (tertiary/aromatic N) is 9. The number of nitriles is 3. The van der Waals surface area contributed by atoms with Crippen molar-refractivity contribution in [2.45, 2.75) is 77.6 Å². The van der Waals surface area contributed by atoms with Gasteiger partial charge in [-0.1, -0.05) is 0 Å². The number of pyridine rings is 3. The number of cyclic esters (lactones) is 3. The average molecular weight is 1100 g/mol. The van der Waals surface area contributed by atoms with Gasteiger partial charge in [0.15, 0.2) is 0 Å². The summed E-state index contributed by atoms with van der Waals surface area (Å²) in [6, 6.07) is 22.0. The van der Waals surface area contributed by atoms with E-state index in [-0.39, 0.29) is 53.2 Å². The summed E-state index contributed by atoms with van der Waals surface area (Å²) < 4.78 is 16.0. The van der Waals surface area contributed by atoms with Crippen LogP contribution in [0.2, 0.25) is 0 Å². The Kier molecular flexibility index (Phi) is 13.6. The van der Waals surface area contributed by atoms with Crippen molar-refractivity contribution < 1.29 is 43.0 Å². The molecule has 6 atom stereocenters. The van der Waals surface area contributed by atoms with E-state index in [1.54, 1.807) is 55.0 Å². The number of benzene rings is 3. The fraction of sp³-hybridized carbons (Fsp3) is 0.368. The van der Waals surface area contributed by atoms with Gasteiger partial charge >= 0.3 is 18.3 Å². The molecule has 12 rings (SSSR count). The SMILES string of the molecule is CC1(C)CN(c2cc(N)c3cnc(NC(=O)C4CC4C#N)cc3c2)C(=O)O1.CC1(C)CN(c2cc(N)c3cnc(NC(=O)[C@@H]4C[C@H]4C#N)cc3c2)C(=O)O1.CC1(C)CN(c2cc(N)c3cnc(NC(=O)[C@H]4C[C@@H]4C#N)cc3c2)C(=O)O1. The molecular weight excluding hydrogens is 1040 g/mol. The summed E-state index contributed by atoms with van der Waals surface area (Å²) in [5.74, 6) is -0.911. The molecule has 3 aliphatic heterocycles. The van der Waals surface area contributed by atoms with Crippen molar-refractivity contribution in [3.8, 4) is 18.2 Å². The topological polar surface area (TPSA) is 364 Å². The summed E-state index contributed by atoms with van der Waals surface area (Å²) in [4.78, 5) is 90.2. The predicted molar refractivity (Wildman–Crippen MR) is 300 cm³/mol. The third-order valence-electron chi connectivity index (χ3n) is 14.5. The van der Waals surface area contributed by atoms with Gasteiger partial charge in [-0.05, 0) is 132 Å². The minimum Gasteiger partial charge on any atom is -0.441 e. The van der Waals surface area contributed by atoms with Crippen LogP contribution in [0.15, 0.2) is 73.2 Å². The molecule has 6 heterocycles. The minimum absolute atomic E-state index is 0.206. The quantitative estimate of drug-likeness (QED) is 0.0590. The highest BCUT2D eigenvalue weighted by Crippen LogP contribution is 2.42. The van der Waals surface area contributed by atoms with Gasteiger partial charge in [-0.3, -0.25) is 29.1 Å². The fourth-order valence-corrected chi connectivity index (χ4v) is 9.92. The first-order chi connectivity index (χ1) is 38.3. The van der Waals surface area contributed by atoms with Crippen LogP contribution in [0.3, 0.4) is 0 Å². The Hall–Kier alpha value is -10.0. The second-order valence-electron chi connectivity index (χ2n) is 22.8. The number of rotatable bonds is 9. The largest absolute Gasteiger partial charge is 0.441 e. The van der Waals surface area contributed by atoms with Gasteiger partial charge in [-0.15, -0.1) is 0 Å². The molecule has 0 radical (unpaired) electrons. The molecule has 0 spiro atoms. The number of carbonyl (C=O) groups is 6. The van der Waals surface area contributed by atoms with Crippen molar-refractivity contribution in [3.63, 3.8) is 0 Å². The molecule has 3 aromatic carbocycles. The summed E-state index contributed by atoms with van der Waals surface area (Å²) in [6.45, 7) is 12.3. The molecular formula is C57H57N15O9. The Balaban J connectivity index is 0.000000136. The van der Waals surface area contributed by atoms with Gasteiger partial charge in [0.1, 0.15) is 34.3 Å². The van der Waals surface area contributed by atoms with Gasteiger partial charge in [-0.2, -0.15) is 15.8 Å². The number of anilines is 9. The van der Waals surface area contributed by atoms with Crippen LogP contribution in [0.1, 0.15) is 60.8 Å². The molecule has 6 aliphatic rings. The van der Waals surface area contributed by atoms with Gasteiger partial charge in [0.2, 0.25) is 17.7 Å². The van der Waals surface area contributed by atoms with Crippen molar-refractivity contribution in [2.75, 3.05) is 67.5 Å². The summed E-state index contributed by atoms with van der Waals surface area (Å²) in [6.07, 6.45) is 5.26. The first-order valence-corrected chi connectivity index (χ1v) is 26.0. The van der Waals surface area contributed by atoms with Crippen molar-refractivity contribution in [3.05, 3.63) is 73.2 Å². The molecule has 2 unspecified atom stereocenters. The third-order valence-corrected chi connectivity index (χ3v) is 14.5. The Bertz CT molecular complexity index is 3420. The highest BCUT2D eigenvalue weighted by molar-refractivity contribution is 6.05. The monoisotopic (exact) mass is 1100 g/mol. The molecule has 24 nitrogen and oxygen atoms in total. The normalized spacial score (nSPS) is 23.0. The van der Waals surface area contributed by atoms with Crippen molar-refractivity contribution in [1.29, 1.82) is 15.8 Å². The molecule has 6 fully saturated rings. The van der Waals surface area contributed by atoms with E-state index in [2.05, 4.69) is 49.1 Å². The number of hydrogen-bond acceptors (Lipinski definition) is 18. The molecule has 3 aromatic heterocycles. The van der Waals surface area contributed by atoms with Gasteiger partial charge in [0.25, 0.3) is 0 Å². The number of nitrogens with one attached hydrogen (secondary N) is 3. The fourth-order valence-electron chi connectivity index (χ4n) is 9.92. The molecule has 9 N–H and O–H groups in total. The number of hydrogen-bond donors (Lipinski definition) is 6. The lowest BCUT2D eigenvalue weighted by Crippen LogP contribution is -2.28. The summed E-state index contributed by atoms with van der Waals surface area (Å²) >= 11 is 0. The Morgan fingerprint density at radius 1 is 0.481 bits per heavy atom. The highest BCUT2D eigenvalue weighted by Gasteiger charge is 2.46. The van der Waals surface area contributed by atoms with Crippen LogP contribution >= 0.6 is 0 Å². The lowest BCUT2D eigenvalue weighted by molar-refractivity contribution is -0.118. The van der Waals surface area contributed by atoms with E-state index >= 15 is 0 Å². The maximum Gasteiger partial charge on any atom is 0.415 e. The molecule has 3 saturated carbocycles. The molecule has 6 amide bonds. The van der Waals surface area contributed by atoms with Crippen LogP contribution < -0.4 is 47.9 Å². The van der Waals surface area contributed by atoms with Gasteiger partial charge in [-0.25, -0.2) is 29.3 Å².